The number of hydrogen-bond donors (Lipinski definition) is 3. The third-order valence-corrected chi connectivity index (χ3v) is 4.28. The van der Waals surface area contributed by atoms with E-state index in [1.807, 2.05) is 19.9 Å². The van der Waals surface area contributed by atoms with Crippen molar-refractivity contribution in [2.75, 3.05) is 13.1 Å². The molecule has 24 heavy (non-hydrogen) atoms. The fourth-order valence-corrected chi connectivity index (χ4v) is 2.35. The van der Waals surface area contributed by atoms with Gasteiger partial charge in [-0.1, -0.05) is 44.2 Å². The normalized spacial score (nSPS) is 13.1. The lowest BCUT2D eigenvalue weighted by molar-refractivity contribution is 0.0417. The first kappa shape index (κ1) is 23.2. The molecule has 4 nitrogen and oxygen atoms in total. The van der Waals surface area contributed by atoms with Gasteiger partial charge in [0.25, 0.3) is 0 Å². The molecule has 1 atom stereocenters. The maximum absolute atomic E-state index is 10.4. The Labute approximate surface area is 164 Å². The summed E-state index contributed by atoms with van der Waals surface area (Å²) in [6.07, 6.45) is 3.52. The van der Waals surface area contributed by atoms with E-state index in [0.717, 1.165) is 38.2 Å². The number of rotatable bonds is 9. The molecule has 0 aliphatic heterocycles. The zero-order valence-electron chi connectivity index (χ0n) is 15.5. The molecule has 5 heteroatoms. The molecule has 0 aliphatic carbocycles. The van der Waals surface area contributed by atoms with E-state index >= 15 is 0 Å². The first-order valence-electron chi connectivity index (χ1n) is 8.84. The SMILES string of the molecule is CCNC(=NCC(O)(CC)CC)NC(C)CCc1ccccc1.I. The van der Waals surface area contributed by atoms with Gasteiger partial charge in [0.05, 0.1) is 12.1 Å². The Morgan fingerprint density at radius 1 is 1.17 bits per heavy atom. The van der Waals surface area contributed by atoms with E-state index in [-0.39, 0.29) is 24.0 Å². The van der Waals surface area contributed by atoms with Crippen molar-refractivity contribution in [3.05, 3.63) is 35.9 Å². The van der Waals surface area contributed by atoms with E-state index in [0.29, 0.717) is 12.6 Å². The number of aliphatic imine (C=N–C) groups is 1. The molecule has 1 unspecified atom stereocenters. The first-order chi connectivity index (χ1) is 11.0. The number of guanidine groups is 1. The van der Waals surface area contributed by atoms with Gasteiger partial charge in [0.15, 0.2) is 5.96 Å². The van der Waals surface area contributed by atoms with Gasteiger partial charge in [-0.2, -0.15) is 0 Å². The lowest BCUT2D eigenvalue weighted by Crippen LogP contribution is -2.43. The maximum atomic E-state index is 10.4. The molecule has 0 saturated carbocycles. The second-order valence-electron chi connectivity index (χ2n) is 6.20. The van der Waals surface area contributed by atoms with Crippen LogP contribution >= 0.6 is 24.0 Å². The molecule has 0 aromatic heterocycles. The third kappa shape index (κ3) is 8.87. The van der Waals surface area contributed by atoms with Gasteiger partial charge in [-0.3, -0.25) is 4.99 Å². The predicted molar refractivity (Wildman–Crippen MR) is 114 cm³/mol. The minimum Gasteiger partial charge on any atom is -0.388 e. The van der Waals surface area contributed by atoms with E-state index in [1.54, 1.807) is 0 Å². The van der Waals surface area contributed by atoms with Gasteiger partial charge in [0.2, 0.25) is 0 Å². The van der Waals surface area contributed by atoms with Gasteiger partial charge in [0, 0.05) is 12.6 Å². The molecule has 0 fully saturated rings. The molecule has 0 saturated heterocycles. The molecule has 0 amide bonds. The fraction of sp³-hybridized carbons (Fsp3) is 0.632. The summed E-state index contributed by atoms with van der Waals surface area (Å²) in [6, 6.07) is 10.8. The van der Waals surface area contributed by atoms with Gasteiger partial charge >= 0.3 is 0 Å². The van der Waals surface area contributed by atoms with Crippen molar-refractivity contribution >= 4 is 29.9 Å². The van der Waals surface area contributed by atoms with Crippen molar-refractivity contribution in [1.29, 1.82) is 0 Å². The number of nitrogens with zero attached hydrogens (tertiary/aromatic N) is 1. The zero-order valence-corrected chi connectivity index (χ0v) is 17.8. The number of benzene rings is 1. The second kappa shape index (κ2) is 12.5. The average molecular weight is 447 g/mol. The molecule has 1 aromatic rings. The fourth-order valence-electron chi connectivity index (χ4n) is 2.35. The highest BCUT2D eigenvalue weighted by molar-refractivity contribution is 14.0. The topological polar surface area (TPSA) is 56.7 Å². The number of halogens is 1. The van der Waals surface area contributed by atoms with Crippen LogP contribution in [0.3, 0.4) is 0 Å². The molecule has 3 N–H and O–H groups in total. The largest absolute Gasteiger partial charge is 0.388 e. The monoisotopic (exact) mass is 447 g/mol. The molecule has 1 rings (SSSR count). The van der Waals surface area contributed by atoms with Crippen LogP contribution in [0, 0.1) is 0 Å². The van der Waals surface area contributed by atoms with Crippen molar-refractivity contribution in [2.24, 2.45) is 4.99 Å². The smallest absolute Gasteiger partial charge is 0.191 e. The number of aryl methyl sites for hydroxylation is 1. The second-order valence-corrected chi connectivity index (χ2v) is 6.20. The summed E-state index contributed by atoms with van der Waals surface area (Å²) in [5.74, 6) is 0.786. The molecule has 138 valence electrons. The highest BCUT2D eigenvalue weighted by Crippen LogP contribution is 2.14. The summed E-state index contributed by atoms with van der Waals surface area (Å²) in [6.45, 7) is 9.47. The van der Waals surface area contributed by atoms with E-state index in [2.05, 4.69) is 53.7 Å². The Bertz CT molecular complexity index is 461. The standard InChI is InChI=1S/C19H33N3O.HI/c1-5-19(23,6-2)15-21-18(20-7-3)22-16(4)13-14-17-11-9-8-10-12-17;/h8-12,16,23H,5-7,13-15H2,1-4H3,(H2,20,21,22);1H. The summed E-state index contributed by atoms with van der Waals surface area (Å²) in [7, 11) is 0. The van der Waals surface area contributed by atoms with Crippen molar-refractivity contribution in [3.8, 4) is 0 Å². The predicted octanol–water partition coefficient (Wildman–Crippen LogP) is 3.73. The first-order valence-corrected chi connectivity index (χ1v) is 8.84. The van der Waals surface area contributed by atoms with Gasteiger partial charge in [-0.05, 0) is 45.1 Å². The van der Waals surface area contributed by atoms with Crippen LogP contribution in [0.15, 0.2) is 35.3 Å². The Balaban J connectivity index is 0.00000529. The van der Waals surface area contributed by atoms with Crippen LogP contribution in [0.25, 0.3) is 0 Å². The minimum atomic E-state index is -0.699. The van der Waals surface area contributed by atoms with Crippen LogP contribution in [0.4, 0.5) is 0 Å². The molecular formula is C19H34IN3O. The van der Waals surface area contributed by atoms with Crippen LogP contribution < -0.4 is 10.6 Å². The van der Waals surface area contributed by atoms with E-state index in [9.17, 15) is 5.11 Å². The van der Waals surface area contributed by atoms with Crippen LogP contribution in [0.5, 0.6) is 0 Å². The molecule has 0 bridgehead atoms. The molecule has 0 spiro atoms. The van der Waals surface area contributed by atoms with E-state index in [4.69, 9.17) is 0 Å². The molecule has 0 radical (unpaired) electrons. The average Bonchev–Trinajstić information content (AvgIpc) is 2.58. The van der Waals surface area contributed by atoms with Gasteiger partial charge in [-0.15, -0.1) is 24.0 Å². The summed E-state index contributed by atoms with van der Waals surface area (Å²) in [4.78, 5) is 4.57. The molecule has 0 aliphatic rings. The minimum absolute atomic E-state index is 0. The zero-order chi connectivity index (χ0) is 17.1. The highest BCUT2D eigenvalue weighted by Gasteiger charge is 2.21. The Hall–Kier alpha value is -0.820. The summed E-state index contributed by atoms with van der Waals surface area (Å²) < 4.78 is 0. The Kier molecular flexibility index (Phi) is 12.1. The maximum Gasteiger partial charge on any atom is 0.191 e. The van der Waals surface area contributed by atoms with Crippen molar-refractivity contribution in [3.63, 3.8) is 0 Å². The van der Waals surface area contributed by atoms with Crippen LogP contribution in [-0.2, 0) is 6.42 Å². The van der Waals surface area contributed by atoms with Crippen molar-refractivity contribution in [2.45, 2.75) is 65.0 Å². The summed E-state index contributed by atoms with van der Waals surface area (Å²) in [5, 5.41) is 17.1. The lowest BCUT2D eigenvalue weighted by Gasteiger charge is -2.24. The van der Waals surface area contributed by atoms with E-state index in [1.165, 1.54) is 5.56 Å². The van der Waals surface area contributed by atoms with Crippen LogP contribution in [-0.4, -0.2) is 35.8 Å². The van der Waals surface area contributed by atoms with Crippen LogP contribution in [0.1, 0.15) is 52.5 Å². The van der Waals surface area contributed by atoms with Gasteiger partial charge < -0.3 is 15.7 Å². The van der Waals surface area contributed by atoms with Crippen molar-refractivity contribution < 1.29 is 5.11 Å². The van der Waals surface area contributed by atoms with Gasteiger partial charge in [0.1, 0.15) is 0 Å². The van der Waals surface area contributed by atoms with Crippen LogP contribution in [0.2, 0.25) is 0 Å². The molecule has 0 heterocycles. The van der Waals surface area contributed by atoms with Gasteiger partial charge in [-0.25, -0.2) is 0 Å². The Morgan fingerprint density at radius 3 is 2.33 bits per heavy atom. The summed E-state index contributed by atoms with van der Waals surface area (Å²) >= 11 is 0. The molecular weight excluding hydrogens is 413 g/mol. The number of hydrogen-bond acceptors (Lipinski definition) is 2. The number of nitrogens with one attached hydrogen (secondary N) is 2. The molecule has 1 aromatic carbocycles. The quantitative estimate of drug-likeness (QED) is 0.307. The van der Waals surface area contributed by atoms with Crippen molar-refractivity contribution in [1.82, 2.24) is 10.6 Å². The summed E-state index contributed by atoms with van der Waals surface area (Å²) in [5.41, 5.74) is 0.657. The highest BCUT2D eigenvalue weighted by atomic mass is 127. The third-order valence-electron chi connectivity index (χ3n) is 4.28. The lowest BCUT2D eigenvalue weighted by atomic mass is 9.98. The van der Waals surface area contributed by atoms with E-state index < -0.39 is 5.60 Å². The number of aliphatic hydroxyl groups is 1. The Morgan fingerprint density at radius 2 is 1.79 bits per heavy atom.